The van der Waals surface area contributed by atoms with E-state index in [0.29, 0.717) is 23.3 Å². The lowest BCUT2D eigenvalue weighted by molar-refractivity contribution is -0.128. The first kappa shape index (κ1) is 18.2. The first-order valence-electron chi connectivity index (χ1n) is 9.72. The zero-order valence-corrected chi connectivity index (χ0v) is 15.7. The van der Waals surface area contributed by atoms with Gasteiger partial charge in [0.1, 0.15) is 5.82 Å². The van der Waals surface area contributed by atoms with Crippen LogP contribution < -0.4 is 5.56 Å². The average molecular weight is 373 g/mol. The number of hydrogen-bond acceptors (Lipinski definition) is 3. The summed E-state index contributed by atoms with van der Waals surface area (Å²) in [5.41, 5.74) is 1.47. The zero-order valence-electron chi connectivity index (χ0n) is 15.7. The maximum Gasteiger partial charge on any atom is 0.258 e. The minimum atomic E-state index is -0.167. The molecule has 5 heteroatoms. The largest absolute Gasteiger partial charge is 0.329 e. The molecule has 0 atom stereocenters. The van der Waals surface area contributed by atoms with E-state index in [1.54, 1.807) is 12.1 Å². The van der Waals surface area contributed by atoms with Crippen LogP contribution in [0.5, 0.6) is 0 Å². The molecule has 0 unspecified atom stereocenters. The summed E-state index contributed by atoms with van der Waals surface area (Å²) >= 11 is 0. The summed E-state index contributed by atoms with van der Waals surface area (Å²) in [6.45, 7) is 0.308. The first-order chi connectivity index (χ1) is 13.7. The molecule has 1 aliphatic carbocycles. The summed E-state index contributed by atoms with van der Waals surface area (Å²) in [5.74, 6) is 0.476. The van der Waals surface area contributed by atoms with Gasteiger partial charge < -0.3 is 9.88 Å². The number of para-hydroxylation sites is 1. The number of hydrogen-bond donors (Lipinski definition) is 1. The molecule has 0 aliphatic heterocycles. The molecule has 1 aromatic heterocycles. The second kappa shape index (κ2) is 8.21. The Morgan fingerprint density at radius 1 is 1.07 bits per heavy atom. The van der Waals surface area contributed by atoms with Gasteiger partial charge in [-0.2, -0.15) is 0 Å². The van der Waals surface area contributed by atoms with E-state index in [-0.39, 0.29) is 17.5 Å². The van der Waals surface area contributed by atoms with Crippen molar-refractivity contribution in [1.82, 2.24) is 14.9 Å². The fourth-order valence-electron chi connectivity index (χ4n) is 3.80. The molecule has 3 aromatic rings. The molecule has 0 radical (unpaired) electrons. The van der Waals surface area contributed by atoms with Crippen molar-refractivity contribution >= 4 is 22.9 Å². The number of nitrogens with one attached hydrogen (secondary N) is 1. The lowest BCUT2D eigenvalue weighted by atomic mass is 10.1. The van der Waals surface area contributed by atoms with Crippen molar-refractivity contribution in [2.24, 2.45) is 0 Å². The predicted molar refractivity (Wildman–Crippen MR) is 111 cm³/mol. The molecule has 0 saturated heterocycles. The van der Waals surface area contributed by atoms with Crippen LogP contribution in [0.2, 0.25) is 0 Å². The van der Waals surface area contributed by atoms with Gasteiger partial charge in [0.05, 0.1) is 17.4 Å². The maximum atomic E-state index is 13.0. The van der Waals surface area contributed by atoms with Crippen LogP contribution in [0, 0.1) is 0 Å². The van der Waals surface area contributed by atoms with Gasteiger partial charge in [-0.15, -0.1) is 0 Å². The van der Waals surface area contributed by atoms with Crippen LogP contribution in [0.1, 0.15) is 37.1 Å². The van der Waals surface area contributed by atoms with Crippen LogP contribution in [0.4, 0.5) is 0 Å². The minimum absolute atomic E-state index is 0.0495. The van der Waals surface area contributed by atoms with Gasteiger partial charge in [-0.05, 0) is 36.6 Å². The zero-order chi connectivity index (χ0) is 19.3. The van der Waals surface area contributed by atoms with E-state index in [1.165, 1.54) is 0 Å². The van der Waals surface area contributed by atoms with E-state index < -0.39 is 0 Å². The molecule has 5 nitrogen and oxygen atoms in total. The van der Waals surface area contributed by atoms with E-state index in [0.717, 1.165) is 31.2 Å². The van der Waals surface area contributed by atoms with E-state index in [2.05, 4.69) is 9.97 Å². The van der Waals surface area contributed by atoms with Gasteiger partial charge in [0.15, 0.2) is 0 Å². The summed E-state index contributed by atoms with van der Waals surface area (Å²) in [7, 11) is 0. The van der Waals surface area contributed by atoms with E-state index >= 15 is 0 Å². The number of nitrogens with zero attached hydrogens (tertiary/aromatic N) is 2. The molecule has 1 fully saturated rings. The molecular formula is C23H23N3O2. The number of carbonyl (C=O) groups excluding carboxylic acids is 1. The molecule has 28 heavy (non-hydrogen) atoms. The Morgan fingerprint density at radius 3 is 2.57 bits per heavy atom. The summed E-state index contributed by atoms with van der Waals surface area (Å²) in [6, 6.07) is 17.2. The molecule has 1 aliphatic rings. The standard InChI is InChI=1S/C23H23N3O2/c27-22(15-14-17-8-2-1-3-9-17)26(18-10-4-5-11-18)16-21-24-20-13-7-6-12-19(20)23(28)25-21/h1-3,6-9,12-15,18H,4-5,10-11,16H2,(H,24,25,28). The first-order valence-corrected chi connectivity index (χ1v) is 9.72. The molecule has 1 N–H and O–H groups in total. The molecule has 142 valence electrons. The molecule has 1 heterocycles. The lowest BCUT2D eigenvalue weighted by Gasteiger charge is -2.27. The fourth-order valence-corrected chi connectivity index (χ4v) is 3.80. The van der Waals surface area contributed by atoms with Crippen molar-refractivity contribution in [2.45, 2.75) is 38.3 Å². The number of aromatic amines is 1. The van der Waals surface area contributed by atoms with Gasteiger partial charge in [-0.1, -0.05) is 55.3 Å². The number of carbonyl (C=O) groups is 1. The van der Waals surface area contributed by atoms with E-state index in [4.69, 9.17) is 0 Å². The molecular weight excluding hydrogens is 350 g/mol. The molecule has 0 bridgehead atoms. The Morgan fingerprint density at radius 2 is 1.79 bits per heavy atom. The van der Waals surface area contributed by atoms with Crippen LogP contribution in [0.15, 0.2) is 65.5 Å². The summed E-state index contributed by atoms with van der Waals surface area (Å²) in [5, 5.41) is 0.564. The number of H-pyrrole nitrogens is 1. The third-order valence-electron chi connectivity index (χ3n) is 5.25. The van der Waals surface area contributed by atoms with Crippen LogP contribution in [-0.4, -0.2) is 26.8 Å². The van der Waals surface area contributed by atoms with Gasteiger partial charge in [-0.25, -0.2) is 4.98 Å². The van der Waals surface area contributed by atoms with Crippen molar-refractivity contribution in [3.63, 3.8) is 0 Å². The second-order valence-electron chi connectivity index (χ2n) is 7.18. The number of benzene rings is 2. The molecule has 0 spiro atoms. The van der Waals surface area contributed by atoms with Gasteiger partial charge in [-0.3, -0.25) is 9.59 Å². The maximum absolute atomic E-state index is 13.0. The Balaban J connectivity index is 1.60. The Labute approximate surface area is 163 Å². The number of amides is 1. The summed E-state index contributed by atoms with van der Waals surface area (Å²) in [6.07, 6.45) is 7.68. The number of fused-ring (bicyclic) bond motifs is 1. The molecule has 1 saturated carbocycles. The summed E-state index contributed by atoms with van der Waals surface area (Å²) < 4.78 is 0. The average Bonchev–Trinajstić information content (AvgIpc) is 3.25. The van der Waals surface area contributed by atoms with Crippen LogP contribution >= 0.6 is 0 Å². The normalized spacial score (nSPS) is 14.7. The third kappa shape index (κ3) is 4.03. The van der Waals surface area contributed by atoms with Crippen LogP contribution in [0.3, 0.4) is 0 Å². The third-order valence-corrected chi connectivity index (χ3v) is 5.25. The van der Waals surface area contributed by atoms with Crippen molar-refractivity contribution in [3.05, 3.63) is 82.4 Å². The predicted octanol–water partition coefficient (Wildman–Crippen LogP) is 3.91. The molecule has 1 amide bonds. The highest BCUT2D eigenvalue weighted by Crippen LogP contribution is 2.25. The van der Waals surface area contributed by atoms with Gasteiger partial charge in [0, 0.05) is 12.1 Å². The highest BCUT2D eigenvalue weighted by Gasteiger charge is 2.26. The quantitative estimate of drug-likeness (QED) is 0.690. The Hall–Kier alpha value is -3.21. The lowest BCUT2D eigenvalue weighted by Crippen LogP contribution is -2.38. The monoisotopic (exact) mass is 373 g/mol. The van der Waals surface area contributed by atoms with Crippen molar-refractivity contribution in [1.29, 1.82) is 0 Å². The summed E-state index contributed by atoms with van der Waals surface area (Å²) in [4.78, 5) is 34.6. The minimum Gasteiger partial charge on any atom is -0.329 e. The second-order valence-corrected chi connectivity index (χ2v) is 7.18. The van der Waals surface area contributed by atoms with Gasteiger partial charge in [0.25, 0.3) is 5.56 Å². The smallest absolute Gasteiger partial charge is 0.258 e. The highest BCUT2D eigenvalue weighted by molar-refractivity contribution is 5.92. The Kier molecular flexibility index (Phi) is 5.33. The topological polar surface area (TPSA) is 66.1 Å². The Bertz CT molecular complexity index is 1050. The molecule has 2 aromatic carbocycles. The highest BCUT2D eigenvalue weighted by atomic mass is 16.2. The van der Waals surface area contributed by atoms with E-state index in [1.807, 2.05) is 59.5 Å². The van der Waals surface area contributed by atoms with Crippen molar-refractivity contribution in [2.75, 3.05) is 0 Å². The fraction of sp³-hybridized carbons (Fsp3) is 0.261. The van der Waals surface area contributed by atoms with Crippen LogP contribution in [-0.2, 0) is 11.3 Å². The van der Waals surface area contributed by atoms with Crippen LogP contribution in [0.25, 0.3) is 17.0 Å². The van der Waals surface area contributed by atoms with Gasteiger partial charge >= 0.3 is 0 Å². The van der Waals surface area contributed by atoms with Crippen molar-refractivity contribution in [3.8, 4) is 0 Å². The van der Waals surface area contributed by atoms with Gasteiger partial charge in [0.2, 0.25) is 5.91 Å². The van der Waals surface area contributed by atoms with Crippen molar-refractivity contribution < 1.29 is 4.79 Å². The SMILES string of the molecule is O=C(C=Cc1ccccc1)N(Cc1nc2ccccc2c(=O)[nH]1)C1CCCC1. The molecule has 4 rings (SSSR count). The van der Waals surface area contributed by atoms with E-state index in [9.17, 15) is 9.59 Å². The number of rotatable bonds is 5. The number of aromatic nitrogens is 2.